The normalized spacial score (nSPS) is 10.7. The highest BCUT2D eigenvalue weighted by atomic mass is 16.3. The van der Waals surface area contributed by atoms with Crippen LogP contribution in [0, 0.1) is 6.92 Å². The van der Waals surface area contributed by atoms with Gasteiger partial charge in [0, 0.05) is 0 Å². The van der Waals surface area contributed by atoms with Crippen molar-refractivity contribution < 1.29 is 14.0 Å². The second kappa shape index (κ2) is 6.35. The number of aryl methyl sites for hydroxylation is 1. The third-order valence-corrected chi connectivity index (χ3v) is 3.40. The van der Waals surface area contributed by atoms with Crippen LogP contribution in [-0.2, 0) is 17.9 Å². The summed E-state index contributed by atoms with van der Waals surface area (Å²) >= 11 is 0. The van der Waals surface area contributed by atoms with Crippen LogP contribution in [0.2, 0.25) is 0 Å². The molecule has 7 heteroatoms. The first-order valence-electron chi connectivity index (χ1n) is 7.15. The van der Waals surface area contributed by atoms with Gasteiger partial charge in [-0.1, -0.05) is 12.1 Å². The van der Waals surface area contributed by atoms with Gasteiger partial charge in [0.05, 0.1) is 23.8 Å². The first-order valence-corrected chi connectivity index (χ1v) is 7.15. The Kier molecular flexibility index (Phi) is 4.09. The molecule has 0 fully saturated rings. The number of imidazole rings is 1. The van der Waals surface area contributed by atoms with Crippen molar-refractivity contribution in [3.63, 3.8) is 0 Å². The summed E-state index contributed by atoms with van der Waals surface area (Å²) < 4.78 is 6.87. The Morgan fingerprint density at radius 3 is 2.83 bits per heavy atom. The van der Waals surface area contributed by atoms with E-state index in [2.05, 4.69) is 15.6 Å². The Morgan fingerprint density at radius 1 is 1.22 bits per heavy atom. The molecule has 2 heterocycles. The maximum absolute atomic E-state index is 12.0. The summed E-state index contributed by atoms with van der Waals surface area (Å²) in [6.45, 7) is 2.07. The molecule has 0 spiro atoms. The van der Waals surface area contributed by atoms with Gasteiger partial charge in [-0.05, 0) is 31.2 Å². The van der Waals surface area contributed by atoms with Crippen LogP contribution >= 0.6 is 0 Å². The summed E-state index contributed by atoms with van der Waals surface area (Å²) in [5.74, 6) is 0.926. The fourth-order valence-electron chi connectivity index (χ4n) is 2.33. The molecule has 0 bridgehead atoms. The van der Waals surface area contributed by atoms with Crippen molar-refractivity contribution in [2.45, 2.75) is 20.0 Å². The largest absolute Gasteiger partial charge is 0.467 e. The third-order valence-electron chi connectivity index (χ3n) is 3.40. The Morgan fingerprint density at radius 2 is 2.04 bits per heavy atom. The number of nitrogens with one attached hydrogen (secondary N) is 2. The molecule has 3 rings (SSSR count). The SMILES string of the molecule is Cc1nc2ccccc2n1CC(=O)NC(=O)NCc1ccco1. The van der Waals surface area contributed by atoms with E-state index in [4.69, 9.17) is 4.42 Å². The zero-order valence-electron chi connectivity index (χ0n) is 12.6. The average Bonchev–Trinajstić information content (AvgIpc) is 3.14. The lowest BCUT2D eigenvalue weighted by Gasteiger charge is -2.08. The maximum Gasteiger partial charge on any atom is 0.321 e. The zero-order valence-corrected chi connectivity index (χ0v) is 12.6. The summed E-state index contributed by atoms with van der Waals surface area (Å²) in [6, 6.07) is 10.4. The number of para-hydroxylation sites is 2. The minimum atomic E-state index is -0.562. The number of hydrogen-bond acceptors (Lipinski definition) is 4. The van der Waals surface area contributed by atoms with Crippen LogP contribution in [0.3, 0.4) is 0 Å². The zero-order chi connectivity index (χ0) is 16.2. The van der Waals surface area contributed by atoms with Gasteiger partial charge in [-0.3, -0.25) is 10.1 Å². The number of imide groups is 1. The van der Waals surface area contributed by atoms with Crippen LogP contribution in [0.25, 0.3) is 11.0 Å². The van der Waals surface area contributed by atoms with E-state index in [-0.39, 0.29) is 13.1 Å². The highest BCUT2D eigenvalue weighted by Gasteiger charge is 2.13. The Bertz CT molecular complexity index is 836. The van der Waals surface area contributed by atoms with Gasteiger partial charge in [0.1, 0.15) is 18.1 Å². The smallest absolute Gasteiger partial charge is 0.321 e. The van der Waals surface area contributed by atoms with Crippen LogP contribution in [-0.4, -0.2) is 21.5 Å². The van der Waals surface area contributed by atoms with Crippen LogP contribution in [0.15, 0.2) is 47.1 Å². The molecule has 3 aromatic rings. The fourth-order valence-corrected chi connectivity index (χ4v) is 2.33. The second-order valence-corrected chi connectivity index (χ2v) is 5.04. The van der Waals surface area contributed by atoms with E-state index in [0.717, 1.165) is 16.9 Å². The standard InChI is InChI=1S/C16H16N4O3/c1-11-18-13-6-2-3-7-14(13)20(11)10-15(21)19-16(22)17-9-12-5-4-8-23-12/h2-8H,9-10H2,1H3,(H2,17,19,21,22). The lowest BCUT2D eigenvalue weighted by Crippen LogP contribution is -2.40. The number of urea groups is 1. The summed E-state index contributed by atoms with van der Waals surface area (Å²) in [4.78, 5) is 28.1. The van der Waals surface area contributed by atoms with Crippen molar-refractivity contribution in [2.24, 2.45) is 0 Å². The molecule has 0 aliphatic heterocycles. The molecule has 0 saturated heterocycles. The molecule has 3 amide bonds. The number of carbonyl (C=O) groups is 2. The first kappa shape index (κ1) is 14.8. The number of hydrogen-bond donors (Lipinski definition) is 2. The molecule has 0 saturated carbocycles. The minimum Gasteiger partial charge on any atom is -0.467 e. The van der Waals surface area contributed by atoms with Gasteiger partial charge in [0.2, 0.25) is 5.91 Å². The molecular formula is C16H16N4O3. The Hall–Kier alpha value is -3.09. The molecule has 0 unspecified atom stereocenters. The Labute approximate surface area is 132 Å². The number of fused-ring (bicyclic) bond motifs is 1. The molecule has 0 aliphatic rings. The molecule has 0 atom stereocenters. The van der Waals surface area contributed by atoms with E-state index < -0.39 is 11.9 Å². The summed E-state index contributed by atoms with van der Waals surface area (Å²) in [6.07, 6.45) is 1.52. The summed E-state index contributed by atoms with van der Waals surface area (Å²) in [5, 5.41) is 4.85. The van der Waals surface area contributed by atoms with E-state index in [9.17, 15) is 9.59 Å². The predicted molar refractivity (Wildman–Crippen MR) is 83.6 cm³/mol. The molecule has 1 aromatic carbocycles. The number of nitrogens with zero attached hydrogens (tertiary/aromatic N) is 2. The highest BCUT2D eigenvalue weighted by Crippen LogP contribution is 2.14. The molecule has 0 aliphatic carbocycles. The van der Waals surface area contributed by atoms with Gasteiger partial charge in [-0.2, -0.15) is 0 Å². The topological polar surface area (TPSA) is 89.2 Å². The van der Waals surface area contributed by atoms with E-state index in [1.54, 1.807) is 16.7 Å². The fraction of sp³-hybridized carbons (Fsp3) is 0.188. The minimum absolute atomic E-state index is 0.0283. The number of furan rings is 1. The summed E-state index contributed by atoms with van der Waals surface area (Å²) in [7, 11) is 0. The van der Waals surface area contributed by atoms with Gasteiger partial charge in [0.25, 0.3) is 0 Å². The van der Waals surface area contributed by atoms with Gasteiger partial charge >= 0.3 is 6.03 Å². The van der Waals surface area contributed by atoms with Crippen molar-refractivity contribution in [3.05, 3.63) is 54.2 Å². The molecule has 0 radical (unpaired) electrons. The van der Waals surface area contributed by atoms with Gasteiger partial charge in [-0.15, -0.1) is 0 Å². The number of rotatable bonds is 4. The lowest BCUT2D eigenvalue weighted by molar-refractivity contribution is -0.120. The van der Waals surface area contributed by atoms with Crippen LogP contribution in [0.1, 0.15) is 11.6 Å². The quantitative estimate of drug-likeness (QED) is 0.770. The summed E-state index contributed by atoms with van der Waals surface area (Å²) in [5.41, 5.74) is 1.68. The first-order chi connectivity index (χ1) is 11.1. The van der Waals surface area contributed by atoms with Crippen molar-refractivity contribution in [1.82, 2.24) is 20.2 Å². The van der Waals surface area contributed by atoms with Crippen LogP contribution in [0.5, 0.6) is 0 Å². The highest BCUT2D eigenvalue weighted by molar-refractivity contribution is 5.94. The second-order valence-electron chi connectivity index (χ2n) is 5.04. The number of aromatic nitrogens is 2. The van der Waals surface area contributed by atoms with Gasteiger partial charge in [-0.25, -0.2) is 9.78 Å². The van der Waals surface area contributed by atoms with Crippen LogP contribution in [0.4, 0.5) is 4.79 Å². The van der Waals surface area contributed by atoms with Crippen molar-refractivity contribution >= 4 is 23.0 Å². The molecule has 7 nitrogen and oxygen atoms in total. The van der Waals surface area contributed by atoms with E-state index in [0.29, 0.717) is 5.76 Å². The van der Waals surface area contributed by atoms with Crippen LogP contribution < -0.4 is 10.6 Å². The molecule has 2 N–H and O–H groups in total. The van der Waals surface area contributed by atoms with Crippen molar-refractivity contribution in [1.29, 1.82) is 0 Å². The van der Waals surface area contributed by atoms with E-state index in [1.807, 2.05) is 31.2 Å². The van der Waals surface area contributed by atoms with Crippen molar-refractivity contribution in [3.8, 4) is 0 Å². The molecule has 118 valence electrons. The lowest BCUT2D eigenvalue weighted by atomic mass is 10.3. The monoisotopic (exact) mass is 312 g/mol. The molecule has 2 aromatic heterocycles. The Balaban J connectivity index is 1.60. The molecular weight excluding hydrogens is 296 g/mol. The number of benzene rings is 1. The number of carbonyl (C=O) groups excluding carboxylic acids is 2. The van der Waals surface area contributed by atoms with E-state index in [1.165, 1.54) is 6.26 Å². The van der Waals surface area contributed by atoms with Gasteiger partial charge in [0.15, 0.2) is 0 Å². The maximum atomic E-state index is 12.0. The third kappa shape index (κ3) is 3.39. The van der Waals surface area contributed by atoms with Crippen molar-refractivity contribution in [2.75, 3.05) is 0 Å². The van der Waals surface area contributed by atoms with Gasteiger partial charge < -0.3 is 14.3 Å². The predicted octanol–water partition coefficient (Wildman–Crippen LogP) is 1.96. The van der Waals surface area contributed by atoms with E-state index >= 15 is 0 Å². The number of amides is 3. The molecule has 23 heavy (non-hydrogen) atoms. The average molecular weight is 312 g/mol.